The van der Waals surface area contributed by atoms with Gasteiger partial charge in [-0.1, -0.05) is 116 Å². The number of hydrogen-bond donors (Lipinski definition) is 0. The third kappa shape index (κ3) is 16.9. The second-order valence-corrected chi connectivity index (χ2v) is 12.0. The van der Waals surface area contributed by atoms with Gasteiger partial charge in [0.1, 0.15) is 11.6 Å². The lowest BCUT2D eigenvalue weighted by Crippen LogP contribution is -2.10. The largest absolute Gasteiger partial charge is 0.300 e. The van der Waals surface area contributed by atoms with Crippen LogP contribution in [-0.2, 0) is 16.0 Å². The molecule has 0 N–H and O–H groups in total. The molecule has 2 aromatic carbocycles. The second kappa shape index (κ2) is 22.4. The van der Waals surface area contributed by atoms with Crippen LogP contribution >= 0.6 is 0 Å². The van der Waals surface area contributed by atoms with Gasteiger partial charge in [0, 0.05) is 41.5 Å². The number of hydrogen-bond acceptors (Lipinski definition) is 4. The number of nitrogens with zero attached hydrogens (tertiary/aromatic N) is 1. The molecule has 0 aliphatic heterocycles. The molecule has 4 heteroatoms. The molecular formula is C39H59NO3. The highest BCUT2D eigenvalue weighted by atomic mass is 16.1. The summed E-state index contributed by atoms with van der Waals surface area (Å²) in [5.74, 6) is 1.19. The van der Waals surface area contributed by atoms with Gasteiger partial charge in [0.25, 0.3) is 0 Å². The van der Waals surface area contributed by atoms with Crippen molar-refractivity contribution in [2.45, 2.75) is 121 Å². The van der Waals surface area contributed by atoms with E-state index in [0.29, 0.717) is 25.2 Å². The zero-order valence-electron chi connectivity index (χ0n) is 29.0. The second-order valence-electron chi connectivity index (χ2n) is 12.0. The smallest absolute Gasteiger partial charge is 0.165 e. The molecule has 0 bridgehead atoms. The molecule has 4 nitrogen and oxygen atoms in total. The molecule has 0 aliphatic rings. The third-order valence-corrected chi connectivity index (χ3v) is 7.35. The summed E-state index contributed by atoms with van der Waals surface area (Å²) < 4.78 is 0. The number of aryl methyl sites for hydroxylation is 2. The van der Waals surface area contributed by atoms with Gasteiger partial charge in [-0.05, 0) is 64.0 Å². The quantitative estimate of drug-likeness (QED) is 0.163. The first-order valence-electron chi connectivity index (χ1n) is 16.2. The van der Waals surface area contributed by atoms with Crippen molar-refractivity contribution in [3.8, 4) is 0 Å². The third-order valence-electron chi connectivity index (χ3n) is 7.35. The van der Waals surface area contributed by atoms with Gasteiger partial charge in [-0.3, -0.25) is 19.4 Å². The Hall–Kier alpha value is -3.14. The van der Waals surface area contributed by atoms with Gasteiger partial charge in [-0.25, -0.2) is 0 Å². The number of benzene rings is 2. The lowest BCUT2D eigenvalue weighted by atomic mass is 9.93. The SMILES string of the molecule is CCC/C=C(\N=C(C)C(C)C)c1ccc(C(=O)C(C)C)c(CC)c1.CCCC(=O)CCC(C)C(C)=O.Cc1ccccc1. The molecule has 0 aromatic heterocycles. The maximum Gasteiger partial charge on any atom is 0.165 e. The molecule has 1 atom stereocenters. The minimum Gasteiger partial charge on any atom is -0.300 e. The van der Waals surface area contributed by atoms with Gasteiger partial charge in [0.05, 0.1) is 5.70 Å². The van der Waals surface area contributed by atoms with Crippen LogP contribution in [-0.4, -0.2) is 23.1 Å². The normalized spacial score (nSPS) is 12.2. The maximum absolute atomic E-state index is 12.4. The molecule has 0 radical (unpaired) electrons. The van der Waals surface area contributed by atoms with Crippen molar-refractivity contribution in [1.82, 2.24) is 0 Å². The topological polar surface area (TPSA) is 63.6 Å². The highest BCUT2D eigenvalue weighted by Crippen LogP contribution is 2.24. The molecule has 0 fully saturated rings. The predicted molar refractivity (Wildman–Crippen MR) is 186 cm³/mol. The summed E-state index contributed by atoms with van der Waals surface area (Å²) >= 11 is 0. The van der Waals surface area contributed by atoms with Crippen LogP contribution in [0.2, 0.25) is 0 Å². The van der Waals surface area contributed by atoms with Gasteiger partial charge in [0.2, 0.25) is 0 Å². The van der Waals surface area contributed by atoms with Crippen LogP contribution in [0.4, 0.5) is 0 Å². The van der Waals surface area contributed by atoms with Gasteiger partial charge in [-0.15, -0.1) is 0 Å². The predicted octanol–water partition coefficient (Wildman–Crippen LogP) is 10.7. The minimum absolute atomic E-state index is 0.0254. The van der Waals surface area contributed by atoms with Gasteiger partial charge in [0.15, 0.2) is 5.78 Å². The molecule has 0 saturated heterocycles. The number of allylic oxidation sites excluding steroid dienone is 1. The van der Waals surface area contributed by atoms with E-state index in [4.69, 9.17) is 4.99 Å². The van der Waals surface area contributed by atoms with E-state index < -0.39 is 0 Å². The fourth-order valence-electron chi connectivity index (χ4n) is 3.94. The first-order chi connectivity index (χ1) is 20.3. The van der Waals surface area contributed by atoms with Crippen LogP contribution in [0.1, 0.15) is 135 Å². The Bertz CT molecular complexity index is 1170. The number of ketones is 3. The molecule has 2 aromatic rings. The standard InChI is InChI=1S/C22H33NO.C10H18O2.C7H8/c1-8-10-11-21(23-17(7)15(3)4)19-12-13-20(18(9-2)14-19)22(24)16(5)6;1-4-5-10(12)7-6-8(2)9(3)11;1-7-5-3-2-4-6-7/h11-16H,8-10H2,1-7H3;8H,4-7H2,1-3H3;2-6H,1H3/b21-11-,23-17?;;. The van der Waals surface area contributed by atoms with E-state index in [1.54, 1.807) is 6.92 Å². The van der Waals surface area contributed by atoms with Crippen LogP contribution in [0.5, 0.6) is 0 Å². The monoisotopic (exact) mass is 589 g/mol. The number of rotatable bonds is 14. The summed E-state index contributed by atoms with van der Waals surface area (Å²) in [4.78, 5) is 39.1. The van der Waals surface area contributed by atoms with E-state index in [1.807, 2.05) is 58.0 Å². The van der Waals surface area contributed by atoms with Gasteiger partial charge >= 0.3 is 0 Å². The van der Waals surface area contributed by atoms with Crippen molar-refractivity contribution < 1.29 is 14.4 Å². The Morgan fingerprint density at radius 1 is 0.814 bits per heavy atom. The molecular weight excluding hydrogens is 530 g/mol. The van der Waals surface area contributed by atoms with Crippen molar-refractivity contribution in [2.24, 2.45) is 22.7 Å². The van der Waals surface area contributed by atoms with E-state index in [9.17, 15) is 14.4 Å². The Morgan fingerprint density at radius 3 is 1.88 bits per heavy atom. The maximum atomic E-state index is 12.4. The Morgan fingerprint density at radius 2 is 1.44 bits per heavy atom. The number of aliphatic imine (C=N–C) groups is 1. The molecule has 2 rings (SSSR count). The molecule has 0 aliphatic carbocycles. The summed E-state index contributed by atoms with van der Waals surface area (Å²) in [6.07, 6.45) is 8.03. The molecule has 0 heterocycles. The first kappa shape index (κ1) is 39.9. The average Bonchev–Trinajstić information content (AvgIpc) is 2.98. The van der Waals surface area contributed by atoms with Crippen molar-refractivity contribution in [1.29, 1.82) is 0 Å². The molecule has 0 amide bonds. The van der Waals surface area contributed by atoms with Crippen LogP contribution in [0.3, 0.4) is 0 Å². The molecule has 1 unspecified atom stereocenters. The summed E-state index contributed by atoms with van der Waals surface area (Å²) in [5, 5.41) is 0. The summed E-state index contributed by atoms with van der Waals surface area (Å²) in [6, 6.07) is 16.4. The van der Waals surface area contributed by atoms with Crippen molar-refractivity contribution in [3.63, 3.8) is 0 Å². The minimum atomic E-state index is 0.0254. The van der Waals surface area contributed by atoms with Crippen LogP contribution in [0, 0.1) is 24.7 Å². The fourth-order valence-corrected chi connectivity index (χ4v) is 3.94. The van der Waals surface area contributed by atoms with E-state index in [-0.39, 0.29) is 29.2 Å². The molecule has 43 heavy (non-hydrogen) atoms. The molecule has 0 spiro atoms. The van der Waals surface area contributed by atoms with Crippen LogP contribution in [0.15, 0.2) is 59.6 Å². The van der Waals surface area contributed by atoms with Gasteiger partial charge in [-0.2, -0.15) is 0 Å². The fraction of sp³-hybridized carbons (Fsp3) is 0.538. The van der Waals surface area contributed by atoms with E-state index in [1.165, 1.54) is 5.56 Å². The average molecular weight is 590 g/mol. The lowest BCUT2D eigenvalue weighted by molar-refractivity contribution is -0.121. The highest BCUT2D eigenvalue weighted by Gasteiger charge is 2.15. The Kier molecular flexibility index (Phi) is 20.8. The van der Waals surface area contributed by atoms with Crippen LogP contribution in [0.25, 0.3) is 5.70 Å². The number of carbonyl (C=O) groups excluding carboxylic acids is 3. The zero-order valence-corrected chi connectivity index (χ0v) is 29.0. The van der Waals surface area contributed by atoms with Crippen molar-refractivity contribution in [2.75, 3.05) is 0 Å². The Labute approximate surface area is 263 Å². The highest BCUT2D eigenvalue weighted by molar-refractivity contribution is 5.99. The lowest BCUT2D eigenvalue weighted by Gasteiger charge is -2.13. The number of unbranched alkanes of at least 4 members (excludes halogenated alkanes) is 1. The van der Waals surface area contributed by atoms with Crippen molar-refractivity contribution in [3.05, 3.63) is 76.9 Å². The van der Waals surface area contributed by atoms with E-state index >= 15 is 0 Å². The number of carbonyl (C=O) groups is 3. The van der Waals surface area contributed by atoms with Gasteiger partial charge < -0.3 is 0 Å². The Balaban J connectivity index is 0.000000761. The van der Waals surface area contributed by atoms with Crippen molar-refractivity contribution >= 4 is 28.8 Å². The summed E-state index contributed by atoms with van der Waals surface area (Å²) in [5.41, 5.74) is 6.57. The molecule has 0 saturated carbocycles. The number of Topliss-reactive ketones (excluding diaryl/α,β-unsaturated/α-hetero) is 3. The van der Waals surface area contributed by atoms with Crippen LogP contribution < -0.4 is 0 Å². The summed E-state index contributed by atoms with van der Waals surface area (Å²) in [7, 11) is 0. The first-order valence-corrected chi connectivity index (χ1v) is 16.2. The van der Waals surface area contributed by atoms with E-state index in [2.05, 4.69) is 65.8 Å². The zero-order chi connectivity index (χ0) is 32.9. The molecule has 238 valence electrons. The van der Waals surface area contributed by atoms with E-state index in [0.717, 1.165) is 53.8 Å². The summed E-state index contributed by atoms with van der Waals surface area (Å²) in [6.45, 7) is 22.1.